The predicted octanol–water partition coefficient (Wildman–Crippen LogP) is 3.21. The first-order valence-electron chi connectivity index (χ1n) is 10.6. The number of nitrogens with zero attached hydrogens (tertiary/aromatic N) is 3. The number of anilines is 1. The van der Waals surface area contributed by atoms with Gasteiger partial charge in [-0.15, -0.1) is 0 Å². The summed E-state index contributed by atoms with van der Waals surface area (Å²) in [4.78, 5) is 23.3. The van der Waals surface area contributed by atoms with Gasteiger partial charge in [0.1, 0.15) is 5.52 Å². The Bertz CT molecular complexity index is 1340. The van der Waals surface area contributed by atoms with Crippen LogP contribution < -0.4 is 10.2 Å². The van der Waals surface area contributed by atoms with E-state index in [2.05, 4.69) is 20.2 Å². The number of hydrogen-bond acceptors (Lipinski definition) is 7. The summed E-state index contributed by atoms with van der Waals surface area (Å²) in [6, 6.07) is 9.02. The normalized spacial score (nSPS) is 20.2. The second kappa shape index (κ2) is 6.92. The van der Waals surface area contributed by atoms with Gasteiger partial charge in [-0.05, 0) is 49.9 Å². The molecule has 1 amide bonds. The van der Waals surface area contributed by atoms with Crippen molar-refractivity contribution in [1.82, 2.24) is 15.3 Å². The molecule has 8 nitrogen and oxygen atoms in total. The van der Waals surface area contributed by atoms with Crippen LogP contribution in [-0.2, 0) is 9.84 Å². The topological polar surface area (TPSA) is 105 Å². The largest absolute Gasteiger partial charge is 0.423 e. The van der Waals surface area contributed by atoms with Gasteiger partial charge in [-0.25, -0.2) is 13.4 Å². The zero-order valence-electron chi connectivity index (χ0n) is 17.1. The molecule has 3 aromatic rings. The number of sulfone groups is 1. The lowest BCUT2D eigenvalue weighted by atomic mass is 9.60. The van der Waals surface area contributed by atoms with Gasteiger partial charge in [0.25, 0.3) is 11.9 Å². The van der Waals surface area contributed by atoms with Crippen LogP contribution in [0.3, 0.4) is 0 Å². The summed E-state index contributed by atoms with van der Waals surface area (Å²) in [5.74, 6) is -0.258. The number of halogens is 1. The standard InChI is InChI=1S/C22H21ClN4O4S/c23-14-1-4-17-18(8-14)31-21(26-17)27-11-22(12-27)9-15(10-22)25-20(28)13-5-6-24-19(7-13)32(29,30)16-2-3-16/h1,4-8,15-16H,2-3,9-12H2,(H,25,28). The molecule has 1 aromatic carbocycles. The van der Waals surface area contributed by atoms with Crippen molar-refractivity contribution in [2.24, 2.45) is 5.41 Å². The van der Waals surface area contributed by atoms with Crippen LogP contribution in [0.2, 0.25) is 5.02 Å². The maximum Gasteiger partial charge on any atom is 0.298 e. The quantitative estimate of drug-likeness (QED) is 0.607. The number of nitrogens with one attached hydrogen (secondary N) is 1. The van der Waals surface area contributed by atoms with E-state index in [9.17, 15) is 13.2 Å². The molecule has 0 radical (unpaired) electrons. The van der Waals surface area contributed by atoms with Gasteiger partial charge >= 0.3 is 0 Å². The molecule has 32 heavy (non-hydrogen) atoms. The summed E-state index contributed by atoms with van der Waals surface area (Å²) in [7, 11) is -3.42. The Morgan fingerprint density at radius 3 is 2.72 bits per heavy atom. The minimum absolute atomic E-state index is 0.00742. The Balaban J connectivity index is 1.06. The van der Waals surface area contributed by atoms with E-state index in [1.54, 1.807) is 18.2 Å². The third kappa shape index (κ3) is 3.34. The smallest absolute Gasteiger partial charge is 0.298 e. The Morgan fingerprint density at radius 2 is 1.97 bits per heavy atom. The van der Waals surface area contributed by atoms with E-state index in [1.165, 1.54) is 12.3 Å². The van der Waals surface area contributed by atoms with Crippen LogP contribution in [-0.4, -0.2) is 48.7 Å². The second-order valence-corrected chi connectivity index (χ2v) is 11.8. The summed E-state index contributed by atoms with van der Waals surface area (Å²) in [5, 5.41) is 3.29. The van der Waals surface area contributed by atoms with E-state index < -0.39 is 9.84 Å². The zero-order valence-corrected chi connectivity index (χ0v) is 18.7. The van der Waals surface area contributed by atoms with E-state index in [1.807, 2.05) is 6.07 Å². The van der Waals surface area contributed by atoms with Crippen molar-refractivity contribution in [3.05, 3.63) is 47.1 Å². The molecule has 1 saturated heterocycles. The highest BCUT2D eigenvalue weighted by Crippen LogP contribution is 2.49. The van der Waals surface area contributed by atoms with Crippen LogP contribution in [0.25, 0.3) is 11.1 Å². The van der Waals surface area contributed by atoms with Crippen molar-refractivity contribution >= 4 is 44.5 Å². The van der Waals surface area contributed by atoms with Gasteiger partial charge in [0.15, 0.2) is 20.4 Å². The minimum Gasteiger partial charge on any atom is -0.423 e. The maximum atomic E-state index is 12.7. The molecule has 6 rings (SSSR count). The molecule has 166 valence electrons. The van der Waals surface area contributed by atoms with Crippen molar-refractivity contribution in [2.75, 3.05) is 18.0 Å². The molecule has 2 aliphatic carbocycles. The van der Waals surface area contributed by atoms with Gasteiger partial charge in [0.2, 0.25) is 0 Å². The van der Waals surface area contributed by atoms with E-state index in [-0.39, 0.29) is 27.6 Å². The third-order valence-corrected chi connectivity index (χ3v) is 9.00. The number of hydrogen-bond donors (Lipinski definition) is 1. The second-order valence-electron chi connectivity index (χ2n) is 9.17. The van der Waals surface area contributed by atoms with Gasteiger partial charge in [-0.1, -0.05) is 11.6 Å². The highest BCUT2D eigenvalue weighted by molar-refractivity contribution is 7.92. The third-order valence-electron chi connectivity index (χ3n) is 6.61. The average molecular weight is 473 g/mol. The van der Waals surface area contributed by atoms with E-state index in [0.717, 1.165) is 31.4 Å². The van der Waals surface area contributed by atoms with Crippen LogP contribution >= 0.6 is 11.6 Å². The molecule has 3 heterocycles. The number of amides is 1. The SMILES string of the molecule is O=C(NC1CC2(C1)CN(c1nc3ccc(Cl)cc3o1)C2)c1ccnc(S(=O)(=O)C2CC2)c1. The van der Waals surface area contributed by atoms with Gasteiger partial charge in [0, 0.05) is 47.4 Å². The lowest BCUT2D eigenvalue weighted by molar-refractivity contribution is 0.0414. The summed E-state index contributed by atoms with van der Waals surface area (Å²) < 4.78 is 30.6. The number of fused-ring (bicyclic) bond motifs is 1. The Morgan fingerprint density at radius 1 is 1.19 bits per heavy atom. The number of aromatic nitrogens is 2. The highest BCUT2D eigenvalue weighted by Gasteiger charge is 2.53. The lowest BCUT2D eigenvalue weighted by Crippen LogP contribution is -2.66. The molecular formula is C22H21ClN4O4S. The molecule has 2 aromatic heterocycles. The number of carbonyl (C=O) groups is 1. The molecule has 1 spiro atoms. The van der Waals surface area contributed by atoms with Gasteiger partial charge in [0.05, 0.1) is 5.25 Å². The molecule has 0 bridgehead atoms. The van der Waals surface area contributed by atoms with Crippen LogP contribution in [0, 0.1) is 5.41 Å². The van der Waals surface area contributed by atoms with E-state index >= 15 is 0 Å². The Hall–Kier alpha value is -2.65. The minimum atomic E-state index is -3.42. The van der Waals surface area contributed by atoms with Crippen LogP contribution in [0.5, 0.6) is 0 Å². The predicted molar refractivity (Wildman–Crippen MR) is 119 cm³/mol. The molecule has 3 aliphatic rings. The van der Waals surface area contributed by atoms with Gasteiger partial charge in [-0.2, -0.15) is 4.98 Å². The lowest BCUT2D eigenvalue weighted by Gasteiger charge is -2.58. The molecule has 1 aliphatic heterocycles. The average Bonchev–Trinajstić information content (AvgIpc) is 3.50. The molecule has 1 N–H and O–H groups in total. The first-order valence-corrected chi connectivity index (χ1v) is 12.6. The first kappa shape index (κ1) is 20.0. The summed E-state index contributed by atoms with van der Waals surface area (Å²) in [5.41, 5.74) is 1.95. The van der Waals surface area contributed by atoms with Crippen molar-refractivity contribution in [3.63, 3.8) is 0 Å². The number of oxazole rings is 1. The Kier molecular flexibility index (Phi) is 4.32. The monoisotopic (exact) mass is 472 g/mol. The van der Waals surface area contributed by atoms with Crippen LogP contribution in [0.1, 0.15) is 36.0 Å². The molecule has 0 atom stereocenters. The fourth-order valence-corrected chi connectivity index (χ4v) is 6.55. The summed E-state index contributed by atoms with van der Waals surface area (Å²) in [6.45, 7) is 1.66. The van der Waals surface area contributed by atoms with Crippen molar-refractivity contribution in [1.29, 1.82) is 0 Å². The number of benzene rings is 1. The van der Waals surface area contributed by atoms with Crippen molar-refractivity contribution in [2.45, 2.75) is 42.0 Å². The van der Waals surface area contributed by atoms with Crippen LogP contribution in [0.15, 0.2) is 46.0 Å². The van der Waals surface area contributed by atoms with Crippen LogP contribution in [0.4, 0.5) is 6.01 Å². The van der Waals surface area contributed by atoms with Gasteiger partial charge < -0.3 is 14.6 Å². The maximum absolute atomic E-state index is 12.7. The zero-order chi connectivity index (χ0) is 22.1. The molecule has 2 saturated carbocycles. The molecule has 0 unspecified atom stereocenters. The summed E-state index contributed by atoms with van der Waals surface area (Å²) >= 11 is 6.01. The fraction of sp³-hybridized carbons (Fsp3) is 0.409. The van der Waals surface area contributed by atoms with Crippen molar-refractivity contribution in [3.8, 4) is 0 Å². The fourth-order valence-electron chi connectivity index (χ4n) is 4.79. The van der Waals surface area contributed by atoms with Gasteiger partial charge in [-0.3, -0.25) is 4.79 Å². The first-order chi connectivity index (χ1) is 15.3. The molecule has 10 heteroatoms. The van der Waals surface area contributed by atoms with Crippen molar-refractivity contribution < 1.29 is 17.6 Å². The van der Waals surface area contributed by atoms with E-state index in [4.69, 9.17) is 16.0 Å². The molecule has 3 fully saturated rings. The Labute approximate surface area is 189 Å². The highest BCUT2D eigenvalue weighted by atomic mass is 35.5. The summed E-state index contributed by atoms with van der Waals surface area (Å²) in [6.07, 6.45) is 4.47. The number of carbonyl (C=O) groups excluding carboxylic acids is 1. The number of rotatable bonds is 5. The molecular weight excluding hydrogens is 452 g/mol. The van der Waals surface area contributed by atoms with E-state index in [0.29, 0.717) is 35.0 Å². The number of pyridine rings is 1.